The molecule has 0 radical (unpaired) electrons. The molecule has 26 heavy (non-hydrogen) atoms. The van der Waals surface area contributed by atoms with Crippen molar-refractivity contribution in [1.29, 1.82) is 0 Å². The average Bonchev–Trinajstić information content (AvgIpc) is 3.39. The maximum absolute atomic E-state index is 12.6. The van der Waals surface area contributed by atoms with E-state index in [4.69, 9.17) is 4.42 Å². The van der Waals surface area contributed by atoms with Crippen LogP contribution in [-0.4, -0.2) is 38.4 Å². The monoisotopic (exact) mass is 371 g/mol. The molecule has 1 aliphatic rings. The van der Waals surface area contributed by atoms with Gasteiger partial charge in [0.1, 0.15) is 11.5 Å². The molecule has 1 atom stereocenters. The normalized spacial score (nSPS) is 16.5. The molecule has 3 aromatic heterocycles. The van der Waals surface area contributed by atoms with E-state index >= 15 is 0 Å². The zero-order valence-electron chi connectivity index (χ0n) is 13.8. The molecule has 0 aromatic carbocycles. The van der Waals surface area contributed by atoms with Gasteiger partial charge in [-0.05, 0) is 23.6 Å². The maximum atomic E-state index is 12.6. The molecular formula is C18H17N3O4S. The summed E-state index contributed by atoms with van der Waals surface area (Å²) in [7, 11) is 0. The third-order valence-corrected chi connectivity index (χ3v) is 5.37. The predicted octanol–water partition coefficient (Wildman–Crippen LogP) is 2.87. The van der Waals surface area contributed by atoms with Crippen molar-refractivity contribution in [1.82, 2.24) is 14.9 Å². The average molecular weight is 371 g/mol. The Labute approximate surface area is 153 Å². The first-order chi connectivity index (χ1) is 12.6. The standard InChI is InChI=1S/C18H17N3O4S/c22-15(6-4-11-3-5-13(25-11)14-2-1-9-26-14)21-8-7-12-16(20-10-19-12)17(21)18(23)24/h1-3,5,9-10,17H,4,6-8H2,(H,19,20)(H,23,24)/t17-/m0/s1. The highest BCUT2D eigenvalue weighted by Gasteiger charge is 2.37. The number of furan rings is 1. The largest absolute Gasteiger partial charge is 0.479 e. The van der Waals surface area contributed by atoms with Crippen LogP contribution in [0.2, 0.25) is 0 Å². The Hall–Kier alpha value is -2.87. The number of carboxylic acid groups (broad SMARTS) is 1. The maximum Gasteiger partial charge on any atom is 0.332 e. The number of H-pyrrole nitrogens is 1. The van der Waals surface area contributed by atoms with Crippen molar-refractivity contribution in [2.75, 3.05) is 6.54 Å². The number of aromatic nitrogens is 2. The number of aliphatic carboxylic acids is 1. The van der Waals surface area contributed by atoms with Crippen molar-refractivity contribution in [2.24, 2.45) is 0 Å². The van der Waals surface area contributed by atoms with E-state index in [0.29, 0.717) is 30.8 Å². The summed E-state index contributed by atoms with van der Waals surface area (Å²) in [4.78, 5) is 33.8. The number of hydrogen-bond donors (Lipinski definition) is 2. The fourth-order valence-electron chi connectivity index (χ4n) is 3.23. The van der Waals surface area contributed by atoms with Crippen molar-refractivity contribution >= 4 is 23.2 Å². The first-order valence-electron chi connectivity index (χ1n) is 8.30. The van der Waals surface area contributed by atoms with E-state index in [-0.39, 0.29) is 12.3 Å². The number of nitrogens with zero attached hydrogens (tertiary/aromatic N) is 2. The molecular weight excluding hydrogens is 354 g/mol. The highest BCUT2D eigenvalue weighted by Crippen LogP contribution is 2.29. The Morgan fingerprint density at radius 3 is 3.04 bits per heavy atom. The van der Waals surface area contributed by atoms with Crippen LogP contribution in [0.15, 0.2) is 40.4 Å². The molecule has 1 aliphatic heterocycles. The molecule has 0 unspecified atom stereocenters. The van der Waals surface area contributed by atoms with Crippen LogP contribution < -0.4 is 0 Å². The number of carbonyl (C=O) groups is 2. The van der Waals surface area contributed by atoms with Crippen LogP contribution in [0.3, 0.4) is 0 Å². The van der Waals surface area contributed by atoms with Gasteiger partial charge in [0.25, 0.3) is 0 Å². The molecule has 8 heteroatoms. The molecule has 0 aliphatic carbocycles. The Balaban J connectivity index is 1.44. The lowest BCUT2D eigenvalue weighted by atomic mass is 10.0. The van der Waals surface area contributed by atoms with Gasteiger partial charge in [-0.15, -0.1) is 11.3 Å². The van der Waals surface area contributed by atoms with Crippen LogP contribution in [0.5, 0.6) is 0 Å². The minimum absolute atomic E-state index is 0.195. The SMILES string of the molecule is O=C(O)[C@@H]1c2nc[nH]c2CCN1C(=O)CCc1ccc(-c2cccs2)o1. The molecule has 0 saturated carbocycles. The summed E-state index contributed by atoms with van der Waals surface area (Å²) in [5.74, 6) is 0.223. The van der Waals surface area contributed by atoms with Crippen molar-refractivity contribution in [3.8, 4) is 10.6 Å². The van der Waals surface area contributed by atoms with Gasteiger partial charge in [-0.25, -0.2) is 9.78 Å². The number of carbonyl (C=O) groups excluding carboxylic acids is 1. The Kier molecular flexibility index (Phi) is 4.34. The number of imidazole rings is 1. The fourth-order valence-corrected chi connectivity index (χ4v) is 3.92. The summed E-state index contributed by atoms with van der Waals surface area (Å²) in [5.41, 5.74) is 1.21. The number of fused-ring (bicyclic) bond motifs is 1. The smallest absolute Gasteiger partial charge is 0.332 e. The molecule has 3 aromatic rings. The number of carboxylic acids is 1. The molecule has 0 saturated heterocycles. The number of thiophene rings is 1. The van der Waals surface area contributed by atoms with Crippen molar-refractivity contribution in [3.63, 3.8) is 0 Å². The number of aromatic amines is 1. The van der Waals surface area contributed by atoms with Gasteiger partial charge in [-0.3, -0.25) is 4.79 Å². The van der Waals surface area contributed by atoms with E-state index in [1.54, 1.807) is 11.3 Å². The number of rotatable bonds is 5. The van der Waals surface area contributed by atoms with E-state index in [2.05, 4.69) is 9.97 Å². The summed E-state index contributed by atoms with van der Waals surface area (Å²) in [6.45, 7) is 0.365. The number of hydrogen-bond acceptors (Lipinski definition) is 5. The van der Waals surface area contributed by atoms with Crippen molar-refractivity contribution < 1.29 is 19.1 Å². The van der Waals surface area contributed by atoms with E-state index in [9.17, 15) is 14.7 Å². The molecule has 134 valence electrons. The van der Waals surface area contributed by atoms with E-state index in [1.807, 2.05) is 29.6 Å². The topological polar surface area (TPSA) is 99.4 Å². The third kappa shape index (κ3) is 3.03. The van der Waals surface area contributed by atoms with Gasteiger partial charge in [0.05, 0.1) is 16.9 Å². The van der Waals surface area contributed by atoms with Crippen LogP contribution in [0.1, 0.15) is 29.6 Å². The van der Waals surface area contributed by atoms with Crippen LogP contribution in [0.25, 0.3) is 10.6 Å². The summed E-state index contributed by atoms with van der Waals surface area (Å²) < 4.78 is 5.79. The lowest BCUT2D eigenvalue weighted by Crippen LogP contribution is -2.43. The Morgan fingerprint density at radius 2 is 2.27 bits per heavy atom. The zero-order chi connectivity index (χ0) is 18.1. The molecule has 2 N–H and O–H groups in total. The fraction of sp³-hybridized carbons (Fsp3) is 0.278. The Morgan fingerprint density at radius 1 is 1.38 bits per heavy atom. The van der Waals surface area contributed by atoms with E-state index < -0.39 is 12.0 Å². The van der Waals surface area contributed by atoms with E-state index in [1.165, 1.54) is 11.2 Å². The molecule has 0 fully saturated rings. The first kappa shape index (κ1) is 16.6. The molecule has 4 heterocycles. The van der Waals surface area contributed by atoms with Gasteiger partial charge in [-0.2, -0.15) is 0 Å². The quantitative estimate of drug-likeness (QED) is 0.718. The lowest BCUT2D eigenvalue weighted by Gasteiger charge is -2.32. The second-order valence-electron chi connectivity index (χ2n) is 6.09. The second kappa shape index (κ2) is 6.80. The van der Waals surface area contributed by atoms with Gasteiger partial charge in [0.2, 0.25) is 5.91 Å². The van der Waals surface area contributed by atoms with Gasteiger partial charge < -0.3 is 19.4 Å². The summed E-state index contributed by atoms with van der Waals surface area (Å²) in [6.07, 6.45) is 2.68. The van der Waals surface area contributed by atoms with Crippen LogP contribution in [0.4, 0.5) is 0 Å². The summed E-state index contributed by atoms with van der Waals surface area (Å²) in [5, 5.41) is 11.5. The molecule has 1 amide bonds. The summed E-state index contributed by atoms with van der Waals surface area (Å²) >= 11 is 1.59. The van der Waals surface area contributed by atoms with Crippen LogP contribution in [0, 0.1) is 0 Å². The first-order valence-corrected chi connectivity index (χ1v) is 9.18. The molecule has 7 nitrogen and oxygen atoms in total. The van der Waals surface area contributed by atoms with Crippen molar-refractivity contribution in [2.45, 2.75) is 25.3 Å². The Bertz CT molecular complexity index is 928. The molecule has 0 spiro atoms. The highest BCUT2D eigenvalue weighted by molar-refractivity contribution is 7.13. The lowest BCUT2D eigenvalue weighted by molar-refractivity contribution is -0.151. The van der Waals surface area contributed by atoms with Gasteiger partial charge >= 0.3 is 5.97 Å². The number of nitrogens with one attached hydrogen (secondary N) is 1. The van der Waals surface area contributed by atoms with E-state index in [0.717, 1.165) is 16.3 Å². The van der Waals surface area contributed by atoms with Crippen LogP contribution >= 0.6 is 11.3 Å². The number of amides is 1. The predicted molar refractivity (Wildman–Crippen MR) is 94.7 cm³/mol. The number of aryl methyl sites for hydroxylation is 1. The van der Waals surface area contributed by atoms with Crippen LogP contribution in [-0.2, 0) is 22.4 Å². The molecule has 4 rings (SSSR count). The zero-order valence-corrected chi connectivity index (χ0v) is 14.7. The summed E-state index contributed by atoms with van der Waals surface area (Å²) in [6, 6.07) is 6.65. The third-order valence-electron chi connectivity index (χ3n) is 4.49. The van der Waals surface area contributed by atoms with Gasteiger partial charge in [0.15, 0.2) is 6.04 Å². The second-order valence-corrected chi connectivity index (χ2v) is 7.04. The van der Waals surface area contributed by atoms with Gasteiger partial charge in [-0.1, -0.05) is 6.07 Å². The minimum Gasteiger partial charge on any atom is -0.479 e. The van der Waals surface area contributed by atoms with Crippen molar-refractivity contribution in [3.05, 3.63) is 53.1 Å². The minimum atomic E-state index is -1.07. The van der Waals surface area contributed by atoms with Gasteiger partial charge in [0, 0.05) is 31.5 Å². The highest BCUT2D eigenvalue weighted by atomic mass is 32.1. The molecule has 0 bridgehead atoms.